The number of carbonyl (C=O) groups is 2. The van der Waals surface area contributed by atoms with Gasteiger partial charge >= 0.3 is 5.97 Å². The summed E-state index contributed by atoms with van der Waals surface area (Å²) < 4.78 is 15.9. The minimum atomic E-state index is -1.07. The van der Waals surface area contributed by atoms with E-state index in [1.165, 1.54) is 19.1 Å². The Morgan fingerprint density at radius 1 is 0.929 bits per heavy atom. The zero-order chi connectivity index (χ0) is 20.5. The Labute approximate surface area is 164 Å². The standard InChI is InChI=1S/C21H25NO6/c1-4-28-17-7-5-15(6-8-17)11-20(23)22(14-21(24)25)13-16-9-18(26-2)12-19(10-16)27-3/h5-10,12H,4,11,13-14H2,1-3H3,(H,24,25). The molecule has 0 bridgehead atoms. The van der Waals surface area contributed by atoms with Crippen molar-refractivity contribution >= 4 is 11.9 Å². The van der Waals surface area contributed by atoms with Crippen LogP contribution in [0.2, 0.25) is 0 Å². The zero-order valence-electron chi connectivity index (χ0n) is 16.3. The van der Waals surface area contributed by atoms with Crippen LogP contribution in [0.1, 0.15) is 18.1 Å². The largest absolute Gasteiger partial charge is 0.497 e. The van der Waals surface area contributed by atoms with Crippen molar-refractivity contribution < 1.29 is 28.9 Å². The number of ether oxygens (including phenoxy) is 3. The van der Waals surface area contributed by atoms with E-state index < -0.39 is 12.5 Å². The first-order valence-corrected chi connectivity index (χ1v) is 8.88. The molecule has 0 spiro atoms. The molecule has 0 radical (unpaired) electrons. The van der Waals surface area contributed by atoms with Gasteiger partial charge in [-0.05, 0) is 42.3 Å². The Bertz CT molecular complexity index is 781. The van der Waals surface area contributed by atoms with Crippen molar-refractivity contribution in [2.75, 3.05) is 27.4 Å². The number of nitrogens with zero attached hydrogens (tertiary/aromatic N) is 1. The first kappa shape index (κ1) is 21.1. The molecule has 0 saturated heterocycles. The summed E-state index contributed by atoms with van der Waals surface area (Å²) in [4.78, 5) is 25.3. The molecule has 150 valence electrons. The van der Waals surface area contributed by atoms with E-state index in [4.69, 9.17) is 14.2 Å². The molecule has 1 N–H and O–H groups in total. The van der Waals surface area contributed by atoms with Crippen molar-refractivity contribution in [3.63, 3.8) is 0 Å². The van der Waals surface area contributed by atoms with E-state index in [9.17, 15) is 14.7 Å². The summed E-state index contributed by atoms with van der Waals surface area (Å²) >= 11 is 0. The van der Waals surface area contributed by atoms with E-state index in [0.717, 1.165) is 16.9 Å². The Morgan fingerprint density at radius 2 is 1.54 bits per heavy atom. The minimum absolute atomic E-state index is 0.0980. The molecule has 28 heavy (non-hydrogen) atoms. The third-order valence-electron chi connectivity index (χ3n) is 4.05. The lowest BCUT2D eigenvalue weighted by Gasteiger charge is -2.21. The maximum Gasteiger partial charge on any atom is 0.323 e. The number of benzene rings is 2. The number of hydrogen-bond acceptors (Lipinski definition) is 5. The molecule has 0 heterocycles. The maximum atomic E-state index is 12.7. The second-order valence-electron chi connectivity index (χ2n) is 6.12. The van der Waals surface area contributed by atoms with E-state index in [2.05, 4.69) is 0 Å². The summed E-state index contributed by atoms with van der Waals surface area (Å²) in [6, 6.07) is 12.4. The van der Waals surface area contributed by atoms with Crippen LogP contribution in [-0.4, -0.2) is 49.3 Å². The van der Waals surface area contributed by atoms with Crippen LogP contribution in [0.4, 0.5) is 0 Å². The molecule has 0 saturated carbocycles. The molecule has 2 aromatic rings. The monoisotopic (exact) mass is 387 g/mol. The lowest BCUT2D eigenvalue weighted by atomic mass is 10.1. The van der Waals surface area contributed by atoms with Crippen LogP contribution in [0.5, 0.6) is 17.2 Å². The van der Waals surface area contributed by atoms with E-state index in [1.54, 1.807) is 42.5 Å². The predicted molar refractivity (Wildman–Crippen MR) is 104 cm³/mol. The SMILES string of the molecule is CCOc1ccc(CC(=O)N(CC(=O)O)Cc2cc(OC)cc(OC)c2)cc1. The Balaban J connectivity index is 2.16. The van der Waals surface area contributed by atoms with Gasteiger partial charge in [-0.3, -0.25) is 9.59 Å². The summed E-state index contributed by atoms with van der Waals surface area (Å²) in [7, 11) is 3.06. The van der Waals surface area contributed by atoms with Crippen LogP contribution in [0.25, 0.3) is 0 Å². The van der Waals surface area contributed by atoms with Crippen LogP contribution in [0, 0.1) is 0 Å². The highest BCUT2D eigenvalue weighted by Gasteiger charge is 2.18. The van der Waals surface area contributed by atoms with Crippen LogP contribution < -0.4 is 14.2 Å². The molecule has 2 rings (SSSR count). The fourth-order valence-electron chi connectivity index (χ4n) is 2.73. The van der Waals surface area contributed by atoms with Gasteiger partial charge in [-0.15, -0.1) is 0 Å². The molecule has 0 fully saturated rings. The van der Waals surface area contributed by atoms with Crippen molar-refractivity contribution in [1.29, 1.82) is 0 Å². The van der Waals surface area contributed by atoms with E-state index in [0.29, 0.717) is 18.1 Å². The van der Waals surface area contributed by atoms with Crippen LogP contribution in [-0.2, 0) is 22.6 Å². The molecule has 0 atom stereocenters. The molecule has 1 amide bonds. The normalized spacial score (nSPS) is 10.2. The van der Waals surface area contributed by atoms with Crippen molar-refractivity contribution in [3.8, 4) is 17.2 Å². The summed E-state index contributed by atoms with van der Waals surface area (Å²) in [5.41, 5.74) is 1.50. The maximum absolute atomic E-state index is 12.7. The van der Waals surface area contributed by atoms with Gasteiger partial charge in [-0.2, -0.15) is 0 Å². The van der Waals surface area contributed by atoms with Gasteiger partial charge in [-0.1, -0.05) is 12.1 Å². The van der Waals surface area contributed by atoms with E-state index >= 15 is 0 Å². The van der Waals surface area contributed by atoms with Gasteiger partial charge in [0.05, 0.1) is 27.2 Å². The molecular formula is C21H25NO6. The number of amides is 1. The quantitative estimate of drug-likeness (QED) is 0.675. The van der Waals surface area contributed by atoms with Gasteiger partial charge in [0.2, 0.25) is 5.91 Å². The van der Waals surface area contributed by atoms with E-state index in [1.807, 2.05) is 6.92 Å². The molecular weight excluding hydrogens is 362 g/mol. The summed E-state index contributed by atoms with van der Waals surface area (Å²) in [6.07, 6.45) is 0.0980. The summed E-state index contributed by atoms with van der Waals surface area (Å²) in [6.45, 7) is 2.20. The molecule has 0 aliphatic carbocycles. The second kappa shape index (κ2) is 10.2. The van der Waals surface area contributed by atoms with Crippen LogP contribution >= 0.6 is 0 Å². The molecule has 0 aliphatic heterocycles. The number of carboxylic acid groups (broad SMARTS) is 1. The first-order valence-electron chi connectivity index (χ1n) is 8.88. The highest BCUT2D eigenvalue weighted by atomic mass is 16.5. The lowest BCUT2D eigenvalue weighted by Crippen LogP contribution is -2.36. The van der Waals surface area contributed by atoms with Crippen molar-refractivity contribution in [2.45, 2.75) is 19.9 Å². The molecule has 0 aromatic heterocycles. The number of hydrogen-bond donors (Lipinski definition) is 1. The van der Waals surface area contributed by atoms with Crippen LogP contribution in [0.15, 0.2) is 42.5 Å². The minimum Gasteiger partial charge on any atom is -0.497 e. The highest BCUT2D eigenvalue weighted by molar-refractivity contribution is 5.83. The fourth-order valence-corrected chi connectivity index (χ4v) is 2.73. The average Bonchev–Trinajstić information content (AvgIpc) is 2.68. The third kappa shape index (κ3) is 6.19. The zero-order valence-corrected chi connectivity index (χ0v) is 16.3. The number of rotatable bonds is 10. The molecule has 2 aromatic carbocycles. The third-order valence-corrected chi connectivity index (χ3v) is 4.05. The number of aliphatic carboxylic acids is 1. The van der Waals surface area contributed by atoms with Gasteiger partial charge in [-0.25, -0.2) is 0 Å². The first-order chi connectivity index (χ1) is 13.4. The molecule has 7 heteroatoms. The second-order valence-corrected chi connectivity index (χ2v) is 6.12. The molecule has 7 nitrogen and oxygen atoms in total. The smallest absolute Gasteiger partial charge is 0.323 e. The topological polar surface area (TPSA) is 85.3 Å². The number of carboxylic acids is 1. The average molecular weight is 387 g/mol. The lowest BCUT2D eigenvalue weighted by molar-refractivity contribution is -0.144. The summed E-state index contributed by atoms with van der Waals surface area (Å²) in [5.74, 6) is 0.514. The fraction of sp³-hybridized carbons (Fsp3) is 0.333. The number of carbonyl (C=O) groups excluding carboxylic acids is 1. The summed E-state index contributed by atoms with van der Waals surface area (Å²) in [5, 5.41) is 9.21. The Kier molecular flexibility index (Phi) is 7.68. The van der Waals surface area contributed by atoms with E-state index in [-0.39, 0.29) is 18.9 Å². The van der Waals surface area contributed by atoms with Crippen molar-refractivity contribution in [2.24, 2.45) is 0 Å². The highest BCUT2D eigenvalue weighted by Crippen LogP contribution is 2.23. The van der Waals surface area contributed by atoms with Gasteiger partial charge in [0.15, 0.2) is 0 Å². The van der Waals surface area contributed by atoms with Gasteiger partial charge in [0.25, 0.3) is 0 Å². The van der Waals surface area contributed by atoms with Crippen molar-refractivity contribution in [1.82, 2.24) is 4.90 Å². The van der Waals surface area contributed by atoms with Gasteiger partial charge < -0.3 is 24.2 Å². The Morgan fingerprint density at radius 3 is 2.04 bits per heavy atom. The molecule has 0 aliphatic rings. The van der Waals surface area contributed by atoms with Gasteiger partial charge in [0, 0.05) is 12.6 Å². The Hall–Kier alpha value is -3.22. The number of methoxy groups -OCH3 is 2. The molecule has 0 unspecified atom stereocenters. The predicted octanol–water partition coefficient (Wildman–Crippen LogP) is 2.76. The van der Waals surface area contributed by atoms with Crippen LogP contribution in [0.3, 0.4) is 0 Å². The van der Waals surface area contributed by atoms with Crippen molar-refractivity contribution in [3.05, 3.63) is 53.6 Å². The van der Waals surface area contributed by atoms with Gasteiger partial charge in [0.1, 0.15) is 23.8 Å².